The molecule has 5 heteroatoms. The smallest absolute Gasteiger partial charge is 0.231 e. The number of aliphatic hydroxyl groups excluding tert-OH is 1. The van der Waals surface area contributed by atoms with Crippen LogP contribution in [0.5, 0.6) is 17.2 Å². The van der Waals surface area contributed by atoms with Crippen molar-refractivity contribution in [2.75, 3.05) is 13.4 Å². The monoisotopic (exact) mass is 315 g/mol. The van der Waals surface area contributed by atoms with Gasteiger partial charge >= 0.3 is 0 Å². The fourth-order valence-electron chi connectivity index (χ4n) is 2.17. The Labute approximate surface area is 115 Å². The number of hydrogen-bond acceptors (Lipinski definition) is 4. The van der Waals surface area contributed by atoms with Crippen LogP contribution in [-0.2, 0) is 5.41 Å². The number of phenolic OH excluding ortho intramolecular Hbond substituents is 1. The number of rotatable bonds is 4. The van der Waals surface area contributed by atoms with Crippen molar-refractivity contribution in [1.82, 2.24) is 0 Å². The third kappa shape index (κ3) is 1.95. The normalized spacial score (nSPS) is 18.4. The quantitative estimate of drug-likeness (QED) is 0.837. The Bertz CT molecular complexity index is 441. The second-order valence-corrected chi connectivity index (χ2v) is 5.78. The van der Waals surface area contributed by atoms with Crippen molar-refractivity contribution >= 4 is 15.9 Å². The van der Waals surface area contributed by atoms with Gasteiger partial charge in [0.1, 0.15) is 5.75 Å². The molecule has 1 aromatic rings. The average Bonchev–Trinajstić information content (AvgIpc) is 2.78. The Hall–Kier alpha value is -0.940. The van der Waals surface area contributed by atoms with Gasteiger partial charge in [-0.3, -0.25) is 0 Å². The van der Waals surface area contributed by atoms with Gasteiger partial charge in [0.25, 0.3) is 0 Å². The standard InChI is InChI=1S/C13H16BrO4/c1-3-13(6-15,8(2)14)9-4-11-12(5-10(9)16)18-7-17-11/h4-5,8,15-16H,1,3,6-7H2,2H3. The lowest BCUT2D eigenvalue weighted by Crippen LogP contribution is -2.37. The van der Waals surface area contributed by atoms with Gasteiger partial charge in [0.15, 0.2) is 11.5 Å². The predicted octanol–water partition coefficient (Wildman–Crippen LogP) is 2.36. The highest BCUT2D eigenvalue weighted by Gasteiger charge is 2.38. The van der Waals surface area contributed by atoms with Crippen LogP contribution in [0.4, 0.5) is 0 Å². The molecule has 1 heterocycles. The maximum atomic E-state index is 10.1. The minimum Gasteiger partial charge on any atom is -0.508 e. The molecule has 0 bridgehead atoms. The second-order valence-electron chi connectivity index (χ2n) is 4.40. The van der Waals surface area contributed by atoms with Crippen LogP contribution in [0.15, 0.2) is 12.1 Å². The van der Waals surface area contributed by atoms with Gasteiger partial charge in [-0.05, 0) is 12.5 Å². The third-order valence-corrected chi connectivity index (χ3v) is 4.39. The van der Waals surface area contributed by atoms with Crippen molar-refractivity contribution in [1.29, 1.82) is 0 Å². The van der Waals surface area contributed by atoms with E-state index < -0.39 is 5.41 Å². The third-order valence-electron chi connectivity index (χ3n) is 3.52. The first-order valence-corrected chi connectivity index (χ1v) is 6.64. The molecular weight excluding hydrogens is 300 g/mol. The van der Waals surface area contributed by atoms with Crippen molar-refractivity contribution in [3.63, 3.8) is 0 Å². The van der Waals surface area contributed by atoms with Crippen LogP contribution < -0.4 is 9.47 Å². The van der Waals surface area contributed by atoms with Gasteiger partial charge in [0.2, 0.25) is 6.79 Å². The summed E-state index contributed by atoms with van der Waals surface area (Å²) < 4.78 is 10.5. The molecule has 0 fully saturated rings. The fraction of sp³-hybridized carbons (Fsp3) is 0.462. The van der Waals surface area contributed by atoms with Crippen LogP contribution in [0.2, 0.25) is 0 Å². The van der Waals surface area contributed by atoms with E-state index >= 15 is 0 Å². The molecule has 2 unspecified atom stereocenters. The fourth-order valence-corrected chi connectivity index (χ4v) is 2.79. The summed E-state index contributed by atoms with van der Waals surface area (Å²) in [5.41, 5.74) is -0.0287. The number of halogens is 1. The molecule has 1 aliphatic heterocycles. The highest BCUT2D eigenvalue weighted by Crippen LogP contribution is 2.45. The summed E-state index contributed by atoms with van der Waals surface area (Å²) >= 11 is 3.49. The zero-order valence-electron chi connectivity index (χ0n) is 10.1. The van der Waals surface area contributed by atoms with Crippen LogP contribution in [0.3, 0.4) is 0 Å². The van der Waals surface area contributed by atoms with Gasteiger partial charge in [0.05, 0.1) is 6.61 Å². The second kappa shape index (κ2) is 4.97. The number of alkyl halides is 1. The van der Waals surface area contributed by atoms with E-state index in [1.54, 1.807) is 6.07 Å². The lowest BCUT2D eigenvalue weighted by molar-refractivity contribution is 0.173. The summed E-state index contributed by atoms with van der Waals surface area (Å²) in [6, 6.07) is 3.24. The maximum absolute atomic E-state index is 10.1. The van der Waals surface area contributed by atoms with E-state index in [1.807, 2.05) is 6.92 Å². The Kier molecular flexibility index (Phi) is 3.73. The SMILES string of the molecule is [CH2]CC(CO)(c1cc2c(cc1O)OCO2)C(C)Br. The minimum absolute atomic E-state index is 0.0428. The zero-order chi connectivity index (χ0) is 13.3. The highest BCUT2D eigenvalue weighted by molar-refractivity contribution is 9.09. The summed E-state index contributed by atoms with van der Waals surface area (Å²) in [7, 11) is 0. The van der Waals surface area contributed by atoms with E-state index in [2.05, 4.69) is 22.9 Å². The van der Waals surface area contributed by atoms with E-state index in [9.17, 15) is 10.2 Å². The van der Waals surface area contributed by atoms with Crippen LogP contribution in [0.25, 0.3) is 0 Å². The van der Waals surface area contributed by atoms with Gasteiger partial charge in [-0.2, -0.15) is 0 Å². The van der Waals surface area contributed by atoms with E-state index in [-0.39, 0.29) is 24.0 Å². The summed E-state index contributed by atoms with van der Waals surface area (Å²) in [5, 5.41) is 19.8. The largest absolute Gasteiger partial charge is 0.508 e. The zero-order valence-corrected chi connectivity index (χ0v) is 11.7. The maximum Gasteiger partial charge on any atom is 0.231 e. The summed E-state index contributed by atoms with van der Waals surface area (Å²) in [4.78, 5) is -0.0428. The lowest BCUT2D eigenvalue weighted by atomic mass is 9.76. The number of aliphatic hydroxyl groups is 1. The first kappa shape index (κ1) is 13.5. The molecular formula is C13H16BrO4. The summed E-state index contributed by atoms with van der Waals surface area (Å²) in [6.07, 6.45) is 0.448. The molecule has 0 aliphatic carbocycles. The molecule has 99 valence electrons. The number of ether oxygens (including phenoxy) is 2. The molecule has 18 heavy (non-hydrogen) atoms. The van der Waals surface area contributed by atoms with E-state index in [0.717, 1.165) is 0 Å². The molecule has 1 aliphatic rings. The van der Waals surface area contributed by atoms with Gasteiger partial charge in [-0.15, -0.1) is 0 Å². The van der Waals surface area contributed by atoms with Gasteiger partial charge in [0, 0.05) is 21.9 Å². The first-order chi connectivity index (χ1) is 8.55. The van der Waals surface area contributed by atoms with Crippen molar-refractivity contribution in [2.45, 2.75) is 23.6 Å². The molecule has 0 aromatic heterocycles. The van der Waals surface area contributed by atoms with Crippen LogP contribution in [-0.4, -0.2) is 28.4 Å². The van der Waals surface area contributed by atoms with E-state index in [0.29, 0.717) is 23.5 Å². The molecule has 4 nitrogen and oxygen atoms in total. The number of hydrogen-bond donors (Lipinski definition) is 2. The number of fused-ring (bicyclic) bond motifs is 1. The van der Waals surface area contributed by atoms with Crippen LogP contribution >= 0.6 is 15.9 Å². The Morgan fingerprint density at radius 1 is 1.44 bits per heavy atom. The van der Waals surface area contributed by atoms with E-state index in [1.165, 1.54) is 6.07 Å². The Morgan fingerprint density at radius 2 is 2.06 bits per heavy atom. The van der Waals surface area contributed by atoms with Gasteiger partial charge in [-0.1, -0.05) is 29.8 Å². The highest BCUT2D eigenvalue weighted by atomic mass is 79.9. The topological polar surface area (TPSA) is 58.9 Å². The Morgan fingerprint density at radius 3 is 2.56 bits per heavy atom. The molecule has 2 N–H and O–H groups in total. The molecule has 2 rings (SSSR count). The Balaban J connectivity index is 2.55. The van der Waals surface area contributed by atoms with Crippen molar-refractivity contribution in [3.8, 4) is 17.2 Å². The molecule has 0 saturated heterocycles. The minimum atomic E-state index is -0.648. The number of phenols is 1. The molecule has 1 radical (unpaired) electrons. The molecule has 2 atom stereocenters. The van der Waals surface area contributed by atoms with Crippen LogP contribution in [0, 0.1) is 6.92 Å². The van der Waals surface area contributed by atoms with Crippen molar-refractivity contribution < 1.29 is 19.7 Å². The number of benzene rings is 1. The number of aromatic hydroxyl groups is 1. The van der Waals surface area contributed by atoms with Gasteiger partial charge in [-0.25, -0.2) is 0 Å². The molecule has 0 spiro atoms. The lowest BCUT2D eigenvalue weighted by Gasteiger charge is -2.34. The van der Waals surface area contributed by atoms with Crippen LogP contribution in [0.1, 0.15) is 18.9 Å². The summed E-state index contributed by atoms with van der Waals surface area (Å²) in [5.74, 6) is 1.19. The molecule has 1 aromatic carbocycles. The molecule has 0 amide bonds. The van der Waals surface area contributed by atoms with Gasteiger partial charge < -0.3 is 19.7 Å². The van der Waals surface area contributed by atoms with E-state index in [4.69, 9.17) is 9.47 Å². The van der Waals surface area contributed by atoms with Crippen molar-refractivity contribution in [3.05, 3.63) is 24.6 Å². The summed E-state index contributed by atoms with van der Waals surface area (Å²) in [6.45, 7) is 5.85. The average molecular weight is 316 g/mol. The predicted molar refractivity (Wildman–Crippen MR) is 71.4 cm³/mol. The van der Waals surface area contributed by atoms with Crippen molar-refractivity contribution in [2.24, 2.45) is 0 Å². The first-order valence-electron chi connectivity index (χ1n) is 5.72. The molecule has 0 saturated carbocycles.